The number of hydrogen-bond acceptors (Lipinski definition) is 5. The van der Waals surface area contributed by atoms with Crippen LogP contribution in [0.3, 0.4) is 0 Å². The standard InChI is InChI=1S/C21H28N2O5/c1-6-17(25)22-14-7-8-16(24)15(13-14)18(26)23-11-9-21(5,10-12-23)19(27)28-20(2,3)4/h6-8,13,24H,1,9-12H2,2-5H3,(H,22,25). The molecule has 28 heavy (non-hydrogen) atoms. The van der Waals surface area contributed by atoms with Gasteiger partial charge in [-0.15, -0.1) is 0 Å². The van der Waals surface area contributed by atoms with E-state index in [1.165, 1.54) is 18.2 Å². The number of anilines is 1. The number of phenols is 1. The van der Waals surface area contributed by atoms with Crippen molar-refractivity contribution in [2.24, 2.45) is 5.41 Å². The van der Waals surface area contributed by atoms with Crippen molar-refractivity contribution in [2.45, 2.75) is 46.1 Å². The smallest absolute Gasteiger partial charge is 0.312 e. The second-order valence-corrected chi connectivity index (χ2v) is 8.28. The Balaban J connectivity index is 2.09. The second-order valence-electron chi connectivity index (χ2n) is 8.28. The van der Waals surface area contributed by atoms with Gasteiger partial charge in [0, 0.05) is 18.8 Å². The molecule has 1 aromatic carbocycles. The molecule has 1 saturated heterocycles. The average Bonchev–Trinajstić information content (AvgIpc) is 2.62. The highest BCUT2D eigenvalue weighted by Crippen LogP contribution is 2.35. The fraction of sp³-hybridized carbons (Fsp3) is 0.476. The molecule has 1 aliphatic heterocycles. The summed E-state index contributed by atoms with van der Waals surface area (Å²) in [5, 5.41) is 12.7. The van der Waals surface area contributed by atoms with Gasteiger partial charge in [0.05, 0.1) is 11.0 Å². The zero-order chi connectivity index (χ0) is 21.1. The van der Waals surface area contributed by atoms with Crippen molar-refractivity contribution in [1.29, 1.82) is 0 Å². The van der Waals surface area contributed by atoms with Gasteiger partial charge in [-0.05, 0) is 64.8 Å². The van der Waals surface area contributed by atoms with E-state index >= 15 is 0 Å². The van der Waals surface area contributed by atoms with E-state index in [1.54, 1.807) is 4.90 Å². The highest BCUT2D eigenvalue weighted by atomic mass is 16.6. The number of esters is 1. The number of amides is 2. The fourth-order valence-electron chi connectivity index (χ4n) is 2.96. The summed E-state index contributed by atoms with van der Waals surface area (Å²) >= 11 is 0. The number of hydrogen-bond donors (Lipinski definition) is 2. The minimum Gasteiger partial charge on any atom is -0.507 e. The second kappa shape index (κ2) is 8.04. The van der Waals surface area contributed by atoms with Crippen LogP contribution in [-0.2, 0) is 14.3 Å². The van der Waals surface area contributed by atoms with E-state index in [0.717, 1.165) is 6.08 Å². The zero-order valence-electron chi connectivity index (χ0n) is 16.9. The summed E-state index contributed by atoms with van der Waals surface area (Å²) in [5.41, 5.74) is -0.717. The fourth-order valence-corrected chi connectivity index (χ4v) is 2.96. The molecule has 0 saturated carbocycles. The van der Waals surface area contributed by atoms with Gasteiger partial charge in [0.1, 0.15) is 11.4 Å². The van der Waals surface area contributed by atoms with Crippen LogP contribution in [0, 0.1) is 5.41 Å². The number of aromatic hydroxyl groups is 1. The number of nitrogens with zero attached hydrogens (tertiary/aromatic N) is 1. The van der Waals surface area contributed by atoms with Gasteiger partial charge >= 0.3 is 5.97 Å². The van der Waals surface area contributed by atoms with Gasteiger partial charge in [0.2, 0.25) is 5.91 Å². The van der Waals surface area contributed by atoms with Crippen molar-refractivity contribution in [1.82, 2.24) is 4.90 Å². The van der Waals surface area contributed by atoms with Crippen LogP contribution < -0.4 is 5.32 Å². The lowest BCUT2D eigenvalue weighted by Crippen LogP contribution is -2.47. The molecule has 7 nitrogen and oxygen atoms in total. The Bertz CT molecular complexity index is 786. The Labute approximate surface area is 165 Å². The summed E-state index contributed by atoms with van der Waals surface area (Å²) in [6.07, 6.45) is 2.07. The van der Waals surface area contributed by atoms with Crippen molar-refractivity contribution in [3.05, 3.63) is 36.4 Å². The maximum Gasteiger partial charge on any atom is 0.312 e. The molecule has 0 aliphatic carbocycles. The molecule has 0 unspecified atom stereocenters. The van der Waals surface area contributed by atoms with E-state index in [-0.39, 0.29) is 23.2 Å². The summed E-state index contributed by atoms with van der Waals surface area (Å²) in [5.74, 6) is -1.18. The van der Waals surface area contributed by atoms with Crippen LogP contribution in [0.1, 0.15) is 50.9 Å². The number of piperidine rings is 1. The maximum absolute atomic E-state index is 12.9. The topological polar surface area (TPSA) is 95.9 Å². The molecular weight excluding hydrogens is 360 g/mol. The molecule has 2 amide bonds. The van der Waals surface area contributed by atoms with Crippen LogP contribution >= 0.6 is 0 Å². The lowest BCUT2D eigenvalue weighted by Gasteiger charge is -2.39. The van der Waals surface area contributed by atoms with Crippen LogP contribution in [0.5, 0.6) is 5.75 Å². The minimum absolute atomic E-state index is 0.0998. The van der Waals surface area contributed by atoms with Crippen LogP contribution in [-0.4, -0.2) is 46.5 Å². The van der Waals surface area contributed by atoms with E-state index in [1.807, 2.05) is 27.7 Å². The van der Waals surface area contributed by atoms with E-state index in [9.17, 15) is 19.5 Å². The van der Waals surface area contributed by atoms with Crippen LogP contribution in [0.4, 0.5) is 5.69 Å². The summed E-state index contributed by atoms with van der Waals surface area (Å²) in [4.78, 5) is 38.4. The molecule has 7 heteroatoms. The summed E-state index contributed by atoms with van der Waals surface area (Å²) in [7, 11) is 0. The van der Waals surface area contributed by atoms with Crippen molar-refractivity contribution in [3.8, 4) is 5.75 Å². The quantitative estimate of drug-likeness (QED) is 0.469. The van der Waals surface area contributed by atoms with E-state index < -0.39 is 16.9 Å². The van der Waals surface area contributed by atoms with Crippen LogP contribution in [0.15, 0.2) is 30.9 Å². The maximum atomic E-state index is 12.9. The molecule has 1 aliphatic rings. The number of carbonyl (C=O) groups is 3. The summed E-state index contributed by atoms with van der Waals surface area (Å²) in [6, 6.07) is 4.30. The number of rotatable bonds is 4. The van der Waals surface area contributed by atoms with Crippen LogP contribution in [0.25, 0.3) is 0 Å². The number of benzene rings is 1. The Morgan fingerprint density at radius 3 is 2.39 bits per heavy atom. The van der Waals surface area contributed by atoms with Gasteiger partial charge in [-0.25, -0.2) is 0 Å². The van der Waals surface area contributed by atoms with Crippen LogP contribution in [0.2, 0.25) is 0 Å². The zero-order valence-corrected chi connectivity index (χ0v) is 16.9. The monoisotopic (exact) mass is 388 g/mol. The Morgan fingerprint density at radius 1 is 1.25 bits per heavy atom. The van der Waals surface area contributed by atoms with Gasteiger partial charge in [0.15, 0.2) is 0 Å². The van der Waals surface area contributed by atoms with E-state index in [4.69, 9.17) is 4.74 Å². The van der Waals surface area contributed by atoms with Gasteiger partial charge in [-0.2, -0.15) is 0 Å². The molecule has 0 spiro atoms. The lowest BCUT2D eigenvalue weighted by atomic mass is 9.80. The lowest BCUT2D eigenvalue weighted by molar-refractivity contribution is -0.169. The number of likely N-dealkylation sites (tertiary alicyclic amines) is 1. The molecule has 1 heterocycles. The molecule has 2 N–H and O–H groups in total. The Morgan fingerprint density at radius 2 is 1.86 bits per heavy atom. The molecule has 1 fully saturated rings. The average molecular weight is 388 g/mol. The summed E-state index contributed by atoms with van der Waals surface area (Å²) in [6.45, 7) is 11.5. The van der Waals surface area contributed by atoms with Gasteiger partial charge in [-0.1, -0.05) is 6.58 Å². The van der Waals surface area contributed by atoms with Gasteiger partial charge in [0.25, 0.3) is 5.91 Å². The Hall–Kier alpha value is -2.83. The predicted octanol–water partition coefficient (Wildman–Crippen LogP) is 3.10. The molecule has 2 rings (SSSR count). The number of ether oxygens (including phenoxy) is 1. The molecule has 152 valence electrons. The number of carbonyl (C=O) groups excluding carboxylic acids is 3. The van der Waals surface area contributed by atoms with E-state index in [2.05, 4.69) is 11.9 Å². The highest BCUT2D eigenvalue weighted by Gasteiger charge is 2.41. The summed E-state index contributed by atoms with van der Waals surface area (Å²) < 4.78 is 5.51. The van der Waals surface area contributed by atoms with Crippen molar-refractivity contribution in [3.63, 3.8) is 0 Å². The third-order valence-electron chi connectivity index (χ3n) is 4.73. The number of phenolic OH excluding ortho intramolecular Hbond substituents is 1. The third-order valence-corrected chi connectivity index (χ3v) is 4.73. The molecule has 0 atom stereocenters. The molecule has 0 radical (unpaired) electrons. The van der Waals surface area contributed by atoms with E-state index in [0.29, 0.717) is 31.6 Å². The normalized spacial score (nSPS) is 16.2. The first-order valence-electron chi connectivity index (χ1n) is 9.24. The third kappa shape index (κ3) is 5.12. The molecule has 0 aromatic heterocycles. The molecular formula is C21H28N2O5. The predicted molar refractivity (Wildman–Crippen MR) is 106 cm³/mol. The first-order chi connectivity index (χ1) is 12.9. The molecule has 0 bridgehead atoms. The Kier molecular flexibility index (Phi) is 6.17. The first kappa shape index (κ1) is 21.5. The largest absolute Gasteiger partial charge is 0.507 e. The highest BCUT2D eigenvalue weighted by molar-refractivity contribution is 6.02. The molecule has 1 aromatic rings. The van der Waals surface area contributed by atoms with Crippen molar-refractivity contribution in [2.75, 3.05) is 18.4 Å². The first-order valence-corrected chi connectivity index (χ1v) is 9.24. The minimum atomic E-state index is -0.647. The van der Waals surface area contributed by atoms with Gasteiger partial charge < -0.3 is 20.1 Å². The van der Waals surface area contributed by atoms with Gasteiger partial charge in [-0.3, -0.25) is 14.4 Å². The number of nitrogens with one attached hydrogen (secondary N) is 1. The van der Waals surface area contributed by atoms with Crippen molar-refractivity contribution < 1.29 is 24.2 Å². The SMILES string of the molecule is C=CC(=O)Nc1ccc(O)c(C(=O)N2CCC(C)(C(=O)OC(C)(C)C)CC2)c1. The van der Waals surface area contributed by atoms with Crippen molar-refractivity contribution >= 4 is 23.5 Å².